The molecule has 1 heterocycles. The summed E-state index contributed by atoms with van der Waals surface area (Å²) in [7, 11) is 0. The Morgan fingerprint density at radius 3 is 2.76 bits per heavy atom. The molecule has 1 aromatic rings. The second-order valence-corrected chi connectivity index (χ2v) is 5.90. The average molecular weight is 290 g/mol. The summed E-state index contributed by atoms with van der Waals surface area (Å²) in [6.45, 7) is 4.47. The predicted molar refractivity (Wildman–Crippen MR) is 81.5 cm³/mol. The molecule has 1 aromatic carbocycles. The number of amides is 2. The van der Waals surface area contributed by atoms with Crippen LogP contribution in [0, 0.1) is 0 Å². The third kappa shape index (κ3) is 4.29. The lowest BCUT2D eigenvalue weighted by Gasteiger charge is -2.23. The van der Waals surface area contributed by atoms with Crippen LogP contribution < -0.4 is 5.32 Å². The number of hydrogen-bond acceptors (Lipinski definition) is 3. The van der Waals surface area contributed by atoms with Gasteiger partial charge in [0, 0.05) is 24.3 Å². The number of benzene rings is 1. The Hall–Kier alpha value is -1.88. The quantitative estimate of drug-likeness (QED) is 0.823. The Kier molecular flexibility index (Phi) is 4.63. The molecule has 1 saturated heterocycles. The number of urea groups is 1. The van der Waals surface area contributed by atoms with E-state index in [1.54, 1.807) is 29.2 Å². The molecule has 0 bridgehead atoms. The normalized spacial score (nSPS) is 22.5. The Bertz CT molecular complexity index is 540. The molecule has 0 aliphatic carbocycles. The van der Waals surface area contributed by atoms with E-state index in [0.29, 0.717) is 37.2 Å². The minimum absolute atomic E-state index is 0.0306. The SMILES string of the molecule is CC(=O)c1cccc(NC(=O)N2CCCC(C)(O)CC2)c1. The Morgan fingerprint density at radius 2 is 2.05 bits per heavy atom. The molecule has 21 heavy (non-hydrogen) atoms. The summed E-state index contributed by atoms with van der Waals surface area (Å²) < 4.78 is 0. The van der Waals surface area contributed by atoms with Gasteiger partial charge in [-0.15, -0.1) is 0 Å². The molecule has 0 aromatic heterocycles. The fourth-order valence-corrected chi connectivity index (χ4v) is 2.48. The van der Waals surface area contributed by atoms with Crippen molar-refractivity contribution >= 4 is 17.5 Å². The molecule has 1 aliphatic rings. The molecule has 5 nitrogen and oxygen atoms in total. The molecule has 114 valence electrons. The lowest BCUT2D eigenvalue weighted by atomic mass is 9.98. The first-order valence-corrected chi connectivity index (χ1v) is 7.27. The van der Waals surface area contributed by atoms with Crippen molar-refractivity contribution in [1.82, 2.24) is 4.90 Å². The molecule has 1 fully saturated rings. The first-order chi connectivity index (χ1) is 9.87. The second-order valence-electron chi connectivity index (χ2n) is 5.90. The molecule has 2 rings (SSSR count). The number of hydrogen-bond donors (Lipinski definition) is 2. The van der Waals surface area contributed by atoms with E-state index in [1.165, 1.54) is 6.92 Å². The highest BCUT2D eigenvalue weighted by atomic mass is 16.3. The number of carbonyl (C=O) groups is 2. The maximum Gasteiger partial charge on any atom is 0.321 e. The summed E-state index contributed by atoms with van der Waals surface area (Å²) in [6.07, 6.45) is 2.07. The largest absolute Gasteiger partial charge is 0.390 e. The second kappa shape index (κ2) is 6.26. The fraction of sp³-hybridized carbons (Fsp3) is 0.500. The summed E-state index contributed by atoms with van der Waals surface area (Å²) in [5.74, 6) is -0.0306. The summed E-state index contributed by atoms with van der Waals surface area (Å²) in [6, 6.07) is 6.72. The standard InChI is InChI=1S/C16H22N2O3/c1-12(19)13-5-3-6-14(11-13)17-15(20)18-9-4-7-16(2,21)8-10-18/h3,5-6,11,21H,4,7-10H2,1-2H3,(H,17,20). The van der Waals surface area contributed by atoms with Crippen molar-refractivity contribution in [2.75, 3.05) is 18.4 Å². The first kappa shape index (κ1) is 15.5. The average Bonchev–Trinajstić information content (AvgIpc) is 2.60. The topological polar surface area (TPSA) is 69.6 Å². The van der Waals surface area contributed by atoms with Crippen LogP contribution in [0.5, 0.6) is 0 Å². The van der Waals surface area contributed by atoms with E-state index in [-0.39, 0.29) is 11.8 Å². The molecular weight excluding hydrogens is 268 g/mol. The number of anilines is 1. The zero-order valence-electron chi connectivity index (χ0n) is 12.6. The highest BCUT2D eigenvalue weighted by Crippen LogP contribution is 2.22. The zero-order valence-corrected chi connectivity index (χ0v) is 12.6. The lowest BCUT2D eigenvalue weighted by Crippen LogP contribution is -2.36. The van der Waals surface area contributed by atoms with Gasteiger partial charge >= 0.3 is 6.03 Å². The summed E-state index contributed by atoms with van der Waals surface area (Å²) in [5, 5.41) is 12.9. The third-order valence-corrected chi connectivity index (χ3v) is 3.87. The lowest BCUT2D eigenvalue weighted by molar-refractivity contribution is 0.0458. The number of Topliss-reactive ketones (excluding diaryl/α,β-unsaturated/α-hetero) is 1. The van der Waals surface area contributed by atoms with Gasteiger partial charge in [0.15, 0.2) is 5.78 Å². The molecule has 1 unspecified atom stereocenters. The minimum Gasteiger partial charge on any atom is -0.390 e. The van der Waals surface area contributed by atoms with E-state index in [4.69, 9.17) is 0 Å². The van der Waals surface area contributed by atoms with Gasteiger partial charge in [-0.2, -0.15) is 0 Å². The molecule has 0 saturated carbocycles. The van der Waals surface area contributed by atoms with Gasteiger partial charge in [-0.3, -0.25) is 4.79 Å². The van der Waals surface area contributed by atoms with Gasteiger partial charge in [0.05, 0.1) is 5.60 Å². The molecule has 2 N–H and O–H groups in total. The van der Waals surface area contributed by atoms with Crippen LogP contribution in [0.3, 0.4) is 0 Å². The molecule has 1 atom stereocenters. The van der Waals surface area contributed by atoms with Gasteiger partial charge in [-0.25, -0.2) is 4.79 Å². The van der Waals surface area contributed by atoms with Gasteiger partial charge in [-0.1, -0.05) is 12.1 Å². The van der Waals surface area contributed by atoms with Crippen molar-refractivity contribution in [3.63, 3.8) is 0 Å². The van der Waals surface area contributed by atoms with E-state index >= 15 is 0 Å². The first-order valence-electron chi connectivity index (χ1n) is 7.27. The van der Waals surface area contributed by atoms with Crippen molar-refractivity contribution in [2.24, 2.45) is 0 Å². The van der Waals surface area contributed by atoms with Crippen LogP contribution in [0.4, 0.5) is 10.5 Å². The maximum absolute atomic E-state index is 12.3. The van der Waals surface area contributed by atoms with Gasteiger partial charge in [0.2, 0.25) is 0 Å². The Morgan fingerprint density at radius 1 is 1.29 bits per heavy atom. The Balaban J connectivity index is 2.01. The van der Waals surface area contributed by atoms with Crippen LogP contribution in [0.15, 0.2) is 24.3 Å². The zero-order chi connectivity index (χ0) is 15.5. The number of likely N-dealkylation sites (tertiary alicyclic amines) is 1. The van der Waals surface area contributed by atoms with Gasteiger partial charge < -0.3 is 15.3 Å². The van der Waals surface area contributed by atoms with Crippen molar-refractivity contribution < 1.29 is 14.7 Å². The molecule has 0 spiro atoms. The van der Waals surface area contributed by atoms with Gasteiger partial charge in [-0.05, 0) is 45.2 Å². The van der Waals surface area contributed by atoms with Crippen LogP contribution in [0.1, 0.15) is 43.5 Å². The number of rotatable bonds is 2. The summed E-state index contributed by atoms with van der Waals surface area (Å²) in [5.41, 5.74) is 0.499. The van der Waals surface area contributed by atoms with Crippen LogP contribution in [-0.2, 0) is 0 Å². The van der Waals surface area contributed by atoms with E-state index in [2.05, 4.69) is 5.32 Å². The van der Waals surface area contributed by atoms with Crippen LogP contribution >= 0.6 is 0 Å². The number of aliphatic hydroxyl groups is 1. The van der Waals surface area contributed by atoms with Crippen LogP contribution in [-0.4, -0.2) is 40.5 Å². The molecule has 1 aliphatic heterocycles. The van der Waals surface area contributed by atoms with Crippen molar-refractivity contribution in [3.05, 3.63) is 29.8 Å². The maximum atomic E-state index is 12.3. The fourth-order valence-electron chi connectivity index (χ4n) is 2.48. The van der Waals surface area contributed by atoms with Crippen LogP contribution in [0.2, 0.25) is 0 Å². The molecule has 2 amide bonds. The van der Waals surface area contributed by atoms with E-state index < -0.39 is 5.60 Å². The smallest absolute Gasteiger partial charge is 0.321 e. The summed E-state index contributed by atoms with van der Waals surface area (Å²) >= 11 is 0. The summed E-state index contributed by atoms with van der Waals surface area (Å²) in [4.78, 5) is 25.3. The van der Waals surface area contributed by atoms with Gasteiger partial charge in [0.1, 0.15) is 0 Å². The van der Waals surface area contributed by atoms with E-state index in [0.717, 1.165) is 6.42 Å². The third-order valence-electron chi connectivity index (χ3n) is 3.87. The molecular formula is C16H22N2O3. The predicted octanol–water partition coefficient (Wildman–Crippen LogP) is 2.66. The minimum atomic E-state index is -0.691. The highest BCUT2D eigenvalue weighted by molar-refractivity contribution is 5.96. The monoisotopic (exact) mass is 290 g/mol. The highest BCUT2D eigenvalue weighted by Gasteiger charge is 2.27. The van der Waals surface area contributed by atoms with Crippen molar-refractivity contribution in [2.45, 2.75) is 38.7 Å². The molecule has 0 radical (unpaired) electrons. The molecule has 5 heteroatoms. The number of nitrogens with zero attached hydrogens (tertiary/aromatic N) is 1. The Labute approximate surface area is 125 Å². The van der Waals surface area contributed by atoms with E-state index in [9.17, 15) is 14.7 Å². The van der Waals surface area contributed by atoms with Gasteiger partial charge in [0.25, 0.3) is 0 Å². The number of ketones is 1. The number of carbonyl (C=O) groups excluding carboxylic acids is 2. The van der Waals surface area contributed by atoms with Crippen LogP contribution in [0.25, 0.3) is 0 Å². The van der Waals surface area contributed by atoms with E-state index in [1.807, 2.05) is 6.92 Å². The van der Waals surface area contributed by atoms with Crippen molar-refractivity contribution in [1.29, 1.82) is 0 Å². The van der Waals surface area contributed by atoms with Crippen molar-refractivity contribution in [3.8, 4) is 0 Å². The number of nitrogens with one attached hydrogen (secondary N) is 1.